The molecule has 1 aliphatic rings. The van der Waals surface area contributed by atoms with Crippen LogP contribution in [0.15, 0.2) is 54.6 Å². The molecule has 2 aromatic carbocycles. The fourth-order valence-corrected chi connectivity index (χ4v) is 3.42. The van der Waals surface area contributed by atoms with Gasteiger partial charge in [0.15, 0.2) is 5.11 Å². The number of benzene rings is 2. The number of likely N-dealkylation sites (tertiary alicyclic amines) is 1. The molecule has 0 radical (unpaired) electrons. The van der Waals surface area contributed by atoms with Crippen molar-refractivity contribution >= 4 is 40.9 Å². The van der Waals surface area contributed by atoms with Gasteiger partial charge in [0.1, 0.15) is 5.82 Å². The molecular weight excluding hydrogens is 401 g/mol. The van der Waals surface area contributed by atoms with Gasteiger partial charge in [-0.05, 0) is 66.9 Å². The van der Waals surface area contributed by atoms with Gasteiger partial charge in [-0.3, -0.25) is 14.9 Å². The molecule has 2 aromatic rings. The molecule has 1 aliphatic heterocycles. The molecule has 3 rings (SSSR count). The smallest absolute Gasteiger partial charge is 0.255 e. The summed E-state index contributed by atoms with van der Waals surface area (Å²) in [6.07, 6.45) is 4.87. The Bertz CT molecular complexity index is 951. The minimum Gasteiger partial charge on any atom is -0.339 e. The molecule has 0 aliphatic carbocycles. The summed E-state index contributed by atoms with van der Waals surface area (Å²) in [6, 6.07) is 12.9. The zero-order valence-electron chi connectivity index (χ0n) is 16.7. The Morgan fingerprint density at radius 3 is 2.47 bits per heavy atom. The zero-order chi connectivity index (χ0) is 21.5. The van der Waals surface area contributed by atoms with Crippen molar-refractivity contribution in [3.8, 4) is 0 Å². The van der Waals surface area contributed by atoms with Gasteiger partial charge < -0.3 is 10.2 Å². The minimum absolute atomic E-state index is 0.0460. The van der Waals surface area contributed by atoms with E-state index in [1.807, 2.05) is 4.90 Å². The number of halogens is 1. The van der Waals surface area contributed by atoms with Crippen LogP contribution in [0.1, 0.15) is 35.7 Å². The van der Waals surface area contributed by atoms with Crippen molar-refractivity contribution in [1.82, 2.24) is 10.2 Å². The van der Waals surface area contributed by atoms with Crippen LogP contribution in [0.25, 0.3) is 6.08 Å². The summed E-state index contributed by atoms with van der Waals surface area (Å²) in [5.74, 6) is -0.177. The van der Waals surface area contributed by atoms with Gasteiger partial charge in [0.2, 0.25) is 5.91 Å². The summed E-state index contributed by atoms with van der Waals surface area (Å²) in [5, 5.41) is 5.60. The highest BCUT2D eigenvalue weighted by atomic mass is 32.1. The number of piperidine rings is 1. The molecule has 1 fully saturated rings. The standard InChI is InChI=1S/C23H24FN3O2S/c1-16-12-14-27(15-13-16)22(29)19-4-2-3-5-20(19)25-23(30)26-21(28)11-8-17-6-9-18(24)10-7-17/h2-11,16H,12-15H2,1H3,(H2,25,26,28,30). The van der Waals surface area contributed by atoms with Crippen molar-refractivity contribution in [2.24, 2.45) is 5.92 Å². The lowest BCUT2D eigenvalue weighted by atomic mass is 9.98. The van der Waals surface area contributed by atoms with Gasteiger partial charge >= 0.3 is 0 Å². The van der Waals surface area contributed by atoms with Crippen molar-refractivity contribution in [2.75, 3.05) is 18.4 Å². The maximum Gasteiger partial charge on any atom is 0.255 e. The summed E-state index contributed by atoms with van der Waals surface area (Å²) in [4.78, 5) is 26.9. The fourth-order valence-electron chi connectivity index (χ4n) is 3.21. The second kappa shape index (κ2) is 10.1. The Morgan fingerprint density at radius 1 is 1.10 bits per heavy atom. The van der Waals surface area contributed by atoms with Gasteiger partial charge in [-0.25, -0.2) is 4.39 Å². The first-order chi connectivity index (χ1) is 14.4. The minimum atomic E-state index is -0.425. The van der Waals surface area contributed by atoms with Gasteiger partial charge in [-0.15, -0.1) is 0 Å². The van der Waals surface area contributed by atoms with E-state index in [1.165, 1.54) is 18.2 Å². The van der Waals surface area contributed by atoms with E-state index in [9.17, 15) is 14.0 Å². The van der Waals surface area contributed by atoms with E-state index in [1.54, 1.807) is 42.5 Å². The number of nitrogens with one attached hydrogen (secondary N) is 2. The van der Waals surface area contributed by atoms with E-state index in [0.29, 0.717) is 22.7 Å². The first-order valence-electron chi connectivity index (χ1n) is 9.86. The average Bonchev–Trinajstić information content (AvgIpc) is 2.74. The number of para-hydroxylation sites is 1. The molecule has 0 unspecified atom stereocenters. The normalized spacial score (nSPS) is 14.5. The number of amides is 2. The van der Waals surface area contributed by atoms with Gasteiger partial charge in [0.25, 0.3) is 5.91 Å². The third-order valence-electron chi connectivity index (χ3n) is 5.01. The predicted octanol–water partition coefficient (Wildman–Crippen LogP) is 4.22. The third kappa shape index (κ3) is 5.97. The molecule has 0 bridgehead atoms. The molecule has 2 amide bonds. The lowest BCUT2D eigenvalue weighted by molar-refractivity contribution is -0.115. The van der Waals surface area contributed by atoms with Gasteiger partial charge in [0, 0.05) is 19.2 Å². The average molecular weight is 426 g/mol. The maximum absolute atomic E-state index is 12.9. The molecule has 0 spiro atoms. The molecule has 2 N–H and O–H groups in total. The first kappa shape index (κ1) is 21.6. The van der Waals surface area contributed by atoms with E-state index < -0.39 is 5.91 Å². The Labute approximate surface area is 181 Å². The summed E-state index contributed by atoms with van der Waals surface area (Å²) in [6.45, 7) is 3.68. The topological polar surface area (TPSA) is 61.4 Å². The predicted molar refractivity (Wildman–Crippen MR) is 121 cm³/mol. The van der Waals surface area contributed by atoms with Crippen LogP contribution in [-0.4, -0.2) is 34.9 Å². The lowest BCUT2D eigenvalue weighted by Crippen LogP contribution is -2.39. The highest BCUT2D eigenvalue weighted by Gasteiger charge is 2.23. The van der Waals surface area contributed by atoms with Crippen molar-refractivity contribution < 1.29 is 14.0 Å². The van der Waals surface area contributed by atoms with Crippen molar-refractivity contribution in [2.45, 2.75) is 19.8 Å². The highest BCUT2D eigenvalue weighted by Crippen LogP contribution is 2.22. The van der Waals surface area contributed by atoms with E-state index in [4.69, 9.17) is 12.2 Å². The Morgan fingerprint density at radius 2 is 1.77 bits per heavy atom. The van der Waals surface area contributed by atoms with Crippen LogP contribution in [0, 0.1) is 11.7 Å². The van der Waals surface area contributed by atoms with Crippen LogP contribution in [0.5, 0.6) is 0 Å². The van der Waals surface area contributed by atoms with Crippen LogP contribution < -0.4 is 10.6 Å². The highest BCUT2D eigenvalue weighted by molar-refractivity contribution is 7.80. The van der Waals surface area contributed by atoms with Crippen LogP contribution in [-0.2, 0) is 4.79 Å². The first-order valence-corrected chi connectivity index (χ1v) is 10.3. The molecule has 1 saturated heterocycles. The zero-order valence-corrected chi connectivity index (χ0v) is 17.5. The van der Waals surface area contributed by atoms with Gasteiger partial charge in [-0.2, -0.15) is 0 Å². The molecule has 7 heteroatoms. The van der Waals surface area contributed by atoms with Crippen LogP contribution in [0.4, 0.5) is 10.1 Å². The second-order valence-electron chi connectivity index (χ2n) is 7.35. The molecule has 0 saturated carbocycles. The van der Waals surface area contributed by atoms with Gasteiger partial charge in [-0.1, -0.05) is 31.2 Å². The van der Waals surface area contributed by atoms with E-state index in [2.05, 4.69) is 17.6 Å². The number of nitrogens with zero attached hydrogens (tertiary/aromatic N) is 1. The molecular formula is C23H24FN3O2S. The number of anilines is 1. The molecule has 30 heavy (non-hydrogen) atoms. The molecule has 0 atom stereocenters. The Kier molecular flexibility index (Phi) is 7.30. The summed E-state index contributed by atoms with van der Waals surface area (Å²) in [7, 11) is 0. The molecule has 5 nitrogen and oxygen atoms in total. The van der Waals surface area contributed by atoms with Crippen LogP contribution in [0.3, 0.4) is 0 Å². The third-order valence-corrected chi connectivity index (χ3v) is 5.21. The number of hydrogen-bond acceptors (Lipinski definition) is 3. The summed E-state index contributed by atoms with van der Waals surface area (Å²) >= 11 is 5.23. The van der Waals surface area contributed by atoms with Crippen molar-refractivity contribution in [3.63, 3.8) is 0 Å². The fraction of sp³-hybridized carbons (Fsp3) is 0.261. The number of carbonyl (C=O) groups is 2. The Balaban J connectivity index is 1.60. The molecule has 0 aromatic heterocycles. The van der Waals surface area contributed by atoms with E-state index >= 15 is 0 Å². The number of thiocarbonyl (C=S) groups is 1. The summed E-state index contributed by atoms with van der Waals surface area (Å²) < 4.78 is 12.9. The number of carbonyl (C=O) groups excluding carboxylic acids is 2. The van der Waals surface area contributed by atoms with Crippen LogP contribution >= 0.6 is 12.2 Å². The monoisotopic (exact) mass is 425 g/mol. The van der Waals surface area contributed by atoms with Crippen molar-refractivity contribution in [1.29, 1.82) is 0 Å². The quantitative estimate of drug-likeness (QED) is 0.569. The molecule has 1 heterocycles. The lowest BCUT2D eigenvalue weighted by Gasteiger charge is -2.30. The number of hydrogen-bond donors (Lipinski definition) is 2. The number of rotatable bonds is 4. The SMILES string of the molecule is CC1CCN(C(=O)c2ccccc2NC(=S)NC(=O)C=Cc2ccc(F)cc2)CC1. The van der Waals surface area contributed by atoms with E-state index in [-0.39, 0.29) is 16.8 Å². The largest absolute Gasteiger partial charge is 0.339 e. The Hall–Kier alpha value is -3.06. The maximum atomic E-state index is 12.9. The van der Waals surface area contributed by atoms with E-state index in [0.717, 1.165) is 25.9 Å². The van der Waals surface area contributed by atoms with Crippen molar-refractivity contribution in [3.05, 3.63) is 71.6 Å². The van der Waals surface area contributed by atoms with Crippen LogP contribution in [0.2, 0.25) is 0 Å². The second-order valence-corrected chi connectivity index (χ2v) is 7.76. The summed E-state index contributed by atoms with van der Waals surface area (Å²) in [5.41, 5.74) is 1.76. The molecule has 156 valence electrons. The van der Waals surface area contributed by atoms with Gasteiger partial charge in [0.05, 0.1) is 11.3 Å².